The maximum absolute atomic E-state index is 13.2. The first kappa shape index (κ1) is 21.4. The molecule has 0 radical (unpaired) electrons. The minimum absolute atomic E-state index is 0.172. The van der Waals surface area contributed by atoms with Crippen LogP contribution in [0.15, 0.2) is 49.1 Å². The van der Waals surface area contributed by atoms with E-state index in [4.69, 9.17) is 16.3 Å². The number of fused-ring (bicyclic) bond motifs is 1. The Labute approximate surface area is 195 Å². The second-order valence-corrected chi connectivity index (χ2v) is 9.20. The first-order valence-corrected chi connectivity index (χ1v) is 11.0. The van der Waals surface area contributed by atoms with Crippen LogP contribution >= 0.6 is 11.6 Å². The molecule has 0 aliphatic heterocycles. The van der Waals surface area contributed by atoms with Crippen LogP contribution in [0, 0.1) is 0 Å². The Kier molecular flexibility index (Phi) is 5.30. The molecule has 0 spiro atoms. The van der Waals surface area contributed by atoms with Gasteiger partial charge in [0.25, 0.3) is 5.91 Å². The van der Waals surface area contributed by atoms with E-state index >= 15 is 0 Å². The molecule has 1 aromatic carbocycles. The van der Waals surface area contributed by atoms with Gasteiger partial charge in [0.15, 0.2) is 5.65 Å². The largest absolute Gasteiger partial charge is 0.490 e. The van der Waals surface area contributed by atoms with Gasteiger partial charge in [0.1, 0.15) is 17.0 Å². The molecule has 4 aromatic rings. The third-order valence-electron chi connectivity index (χ3n) is 5.10. The molecule has 1 amide bonds. The number of hydrogen-bond acceptors (Lipinski definition) is 6. The molecule has 33 heavy (non-hydrogen) atoms. The summed E-state index contributed by atoms with van der Waals surface area (Å²) in [5, 5.41) is 22.6. The average molecular weight is 467 g/mol. The number of aliphatic hydroxyl groups is 1. The van der Waals surface area contributed by atoms with Crippen LogP contribution in [-0.2, 0) is 6.54 Å². The number of aromatic nitrogens is 5. The minimum Gasteiger partial charge on any atom is -0.490 e. The predicted molar refractivity (Wildman–Crippen MR) is 124 cm³/mol. The van der Waals surface area contributed by atoms with Crippen molar-refractivity contribution >= 4 is 28.8 Å². The van der Waals surface area contributed by atoms with Crippen LogP contribution in [0.5, 0.6) is 5.75 Å². The number of carbonyl (C=O) groups is 1. The number of benzene rings is 1. The first-order valence-electron chi connectivity index (χ1n) is 10.6. The summed E-state index contributed by atoms with van der Waals surface area (Å²) in [7, 11) is 0. The van der Waals surface area contributed by atoms with Crippen molar-refractivity contribution in [2.45, 2.75) is 44.9 Å². The van der Waals surface area contributed by atoms with Crippen molar-refractivity contribution in [3.05, 3.63) is 59.6 Å². The summed E-state index contributed by atoms with van der Waals surface area (Å²) >= 11 is 6.30. The Bertz CT molecular complexity index is 1340. The van der Waals surface area contributed by atoms with Gasteiger partial charge in [-0.1, -0.05) is 11.6 Å². The number of ether oxygens (including phenoxy) is 1. The normalized spacial score (nSPS) is 13.9. The van der Waals surface area contributed by atoms with Gasteiger partial charge in [0.2, 0.25) is 0 Å². The molecule has 5 rings (SSSR count). The maximum Gasteiger partial charge on any atom is 0.261 e. The van der Waals surface area contributed by atoms with Crippen molar-refractivity contribution in [2.24, 2.45) is 0 Å². The van der Waals surface area contributed by atoms with Crippen LogP contribution in [-0.4, -0.2) is 47.1 Å². The Morgan fingerprint density at radius 3 is 2.94 bits per heavy atom. The highest BCUT2D eigenvalue weighted by Gasteiger charge is 2.27. The number of rotatable bonds is 7. The van der Waals surface area contributed by atoms with E-state index in [1.807, 2.05) is 6.07 Å². The van der Waals surface area contributed by atoms with Crippen LogP contribution in [0.25, 0.3) is 16.9 Å². The third kappa shape index (κ3) is 4.69. The number of anilines is 1. The van der Waals surface area contributed by atoms with E-state index in [2.05, 4.69) is 20.5 Å². The number of nitrogens with one attached hydrogen (secondary N) is 1. The lowest BCUT2D eigenvalue weighted by atomic mass is 10.1. The molecule has 2 N–H and O–H groups in total. The van der Waals surface area contributed by atoms with Crippen LogP contribution in [0.3, 0.4) is 0 Å². The zero-order chi connectivity index (χ0) is 23.2. The number of nitrogens with zero attached hydrogens (tertiary/aromatic N) is 5. The van der Waals surface area contributed by atoms with Crippen LogP contribution in [0.1, 0.15) is 37.0 Å². The van der Waals surface area contributed by atoms with Crippen molar-refractivity contribution in [2.75, 3.05) is 5.32 Å². The lowest BCUT2D eigenvalue weighted by Gasteiger charge is -2.16. The summed E-state index contributed by atoms with van der Waals surface area (Å²) in [5.41, 5.74) is 1.39. The van der Waals surface area contributed by atoms with Gasteiger partial charge in [-0.3, -0.25) is 9.48 Å². The van der Waals surface area contributed by atoms with E-state index in [0.29, 0.717) is 38.9 Å². The predicted octanol–water partition coefficient (Wildman–Crippen LogP) is 3.81. The molecule has 10 heteroatoms. The fourth-order valence-corrected chi connectivity index (χ4v) is 3.69. The Morgan fingerprint density at radius 2 is 2.18 bits per heavy atom. The quantitative estimate of drug-likeness (QED) is 0.429. The van der Waals surface area contributed by atoms with Crippen LogP contribution in [0.4, 0.5) is 5.69 Å². The van der Waals surface area contributed by atoms with Gasteiger partial charge in [0, 0.05) is 29.2 Å². The van der Waals surface area contributed by atoms with Crippen molar-refractivity contribution in [1.82, 2.24) is 24.4 Å². The highest BCUT2D eigenvalue weighted by atomic mass is 35.5. The summed E-state index contributed by atoms with van der Waals surface area (Å²) in [6.45, 7) is 3.62. The summed E-state index contributed by atoms with van der Waals surface area (Å²) in [6, 6.07) is 7.08. The molecular formula is C23H23ClN6O3. The van der Waals surface area contributed by atoms with E-state index in [1.165, 1.54) is 10.7 Å². The van der Waals surface area contributed by atoms with Gasteiger partial charge in [-0.2, -0.15) is 10.2 Å². The van der Waals surface area contributed by atoms with Gasteiger partial charge in [0.05, 0.1) is 30.1 Å². The fraction of sp³-hybridized carbons (Fsp3) is 0.304. The van der Waals surface area contributed by atoms with Gasteiger partial charge in [-0.05, 0) is 51.0 Å². The molecule has 3 aromatic heterocycles. The highest BCUT2D eigenvalue weighted by Crippen LogP contribution is 2.39. The zero-order valence-corrected chi connectivity index (χ0v) is 19.0. The van der Waals surface area contributed by atoms with Gasteiger partial charge in [-0.15, -0.1) is 0 Å². The topological polar surface area (TPSA) is 107 Å². The van der Waals surface area contributed by atoms with E-state index in [0.717, 1.165) is 12.8 Å². The number of hydrogen-bond donors (Lipinski definition) is 2. The second-order valence-electron chi connectivity index (χ2n) is 8.76. The fourth-order valence-electron chi connectivity index (χ4n) is 3.52. The zero-order valence-electron chi connectivity index (χ0n) is 18.2. The second kappa shape index (κ2) is 8.17. The molecule has 1 saturated carbocycles. The molecule has 3 heterocycles. The average Bonchev–Trinajstić information content (AvgIpc) is 3.33. The van der Waals surface area contributed by atoms with Gasteiger partial charge >= 0.3 is 0 Å². The van der Waals surface area contributed by atoms with Crippen molar-refractivity contribution in [3.63, 3.8) is 0 Å². The van der Waals surface area contributed by atoms with E-state index in [1.54, 1.807) is 55.3 Å². The third-order valence-corrected chi connectivity index (χ3v) is 5.33. The Morgan fingerprint density at radius 1 is 1.36 bits per heavy atom. The van der Waals surface area contributed by atoms with E-state index in [9.17, 15) is 9.90 Å². The maximum atomic E-state index is 13.2. The number of halogens is 1. The molecule has 1 aliphatic rings. The lowest BCUT2D eigenvalue weighted by molar-refractivity contribution is 0.0578. The monoisotopic (exact) mass is 466 g/mol. The van der Waals surface area contributed by atoms with E-state index < -0.39 is 5.60 Å². The minimum atomic E-state index is -1.00. The summed E-state index contributed by atoms with van der Waals surface area (Å²) in [4.78, 5) is 17.4. The van der Waals surface area contributed by atoms with E-state index in [-0.39, 0.29) is 18.6 Å². The van der Waals surface area contributed by atoms with Gasteiger partial charge in [-0.25, -0.2) is 9.50 Å². The molecule has 1 fully saturated rings. The summed E-state index contributed by atoms with van der Waals surface area (Å²) in [5.74, 6) is 0.267. The molecule has 170 valence electrons. The molecule has 0 unspecified atom stereocenters. The van der Waals surface area contributed by atoms with Crippen molar-refractivity contribution < 1.29 is 14.6 Å². The molecule has 0 saturated heterocycles. The summed E-state index contributed by atoms with van der Waals surface area (Å²) < 4.78 is 9.20. The smallest absolute Gasteiger partial charge is 0.261 e. The SMILES string of the molecule is CC(C)(O)Cn1cc(NC(=O)c2cnn3cccnc23)c(-c2cc(Cl)ccc2OC2CC2)n1. The molecule has 9 nitrogen and oxygen atoms in total. The molecule has 0 bridgehead atoms. The Balaban J connectivity index is 1.55. The lowest BCUT2D eigenvalue weighted by Crippen LogP contribution is -2.26. The van der Waals surface area contributed by atoms with Crippen LogP contribution < -0.4 is 10.1 Å². The number of amides is 1. The van der Waals surface area contributed by atoms with Crippen LogP contribution in [0.2, 0.25) is 5.02 Å². The Hall–Kier alpha value is -3.43. The molecule has 1 aliphatic carbocycles. The summed E-state index contributed by atoms with van der Waals surface area (Å²) in [6.07, 6.45) is 8.66. The molecular weight excluding hydrogens is 444 g/mol. The first-order chi connectivity index (χ1) is 15.8. The van der Waals surface area contributed by atoms with Crippen molar-refractivity contribution in [3.8, 4) is 17.0 Å². The highest BCUT2D eigenvalue weighted by molar-refractivity contribution is 6.31. The van der Waals surface area contributed by atoms with Gasteiger partial charge < -0.3 is 15.2 Å². The molecule has 0 atom stereocenters. The van der Waals surface area contributed by atoms with Crippen molar-refractivity contribution in [1.29, 1.82) is 0 Å². The number of carbonyl (C=O) groups excluding carboxylic acids is 1. The standard InChI is InChI=1S/C23H23ClN6O3/c1-23(2,32)13-29-12-18(27-22(31)17-11-26-30-9-3-8-25-21(17)30)20(28-29)16-10-14(24)4-7-19(16)33-15-5-6-15/h3-4,7-12,15,32H,5-6,13H2,1-2H3,(H,27,31).